The molecule has 4 heteroatoms. The quantitative estimate of drug-likeness (QED) is 0.384. The molecule has 1 unspecified atom stereocenters. The molecule has 0 aliphatic heterocycles. The number of hydrogen-bond donors (Lipinski definition) is 0. The lowest BCUT2D eigenvalue weighted by molar-refractivity contribution is -0.161. The van der Waals surface area contributed by atoms with Gasteiger partial charge in [0, 0.05) is 18.1 Å². The van der Waals surface area contributed by atoms with Crippen LogP contribution in [0, 0.1) is 0 Å². The second-order valence-corrected chi connectivity index (χ2v) is 7.70. The van der Waals surface area contributed by atoms with Crippen molar-refractivity contribution in [2.24, 2.45) is 0 Å². The van der Waals surface area contributed by atoms with Crippen molar-refractivity contribution in [1.29, 1.82) is 0 Å². The fraction of sp³-hybridized carbons (Fsp3) is 0.269. The van der Waals surface area contributed by atoms with Crippen LogP contribution in [-0.2, 0) is 28.2 Å². The number of carbonyl (C=O) groups is 1. The molecular formula is C26H28ClNO2. The first kappa shape index (κ1) is 22.1. The van der Waals surface area contributed by atoms with E-state index in [0.717, 1.165) is 16.7 Å². The third-order valence-electron chi connectivity index (χ3n) is 5.42. The van der Waals surface area contributed by atoms with Crippen LogP contribution in [-0.4, -0.2) is 17.5 Å². The van der Waals surface area contributed by atoms with E-state index in [9.17, 15) is 4.79 Å². The minimum absolute atomic E-state index is 0.235. The first-order valence-electron chi connectivity index (χ1n) is 10.4. The largest absolute Gasteiger partial charge is 0.464 e. The van der Waals surface area contributed by atoms with Gasteiger partial charge in [0.25, 0.3) is 0 Å². The van der Waals surface area contributed by atoms with E-state index in [1.165, 1.54) is 0 Å². The van der Waals surface area contributed by atoms with Crippen LogP contribution in [0.2, 0.25) is 5.02 Å². The first-order chi connectivity index (χ1) is 14.6. The van der Waals surface area contributed by atoms with Crippen LogP contribution >= 0.6 is 11.6 Å². The van der Waals surface area contributed by atoms with E-state index in [0.29, 0.717) is 31.1 Å². The van der Waals surface area contributed by atoms with Crippen molar-refractivity contribution in [3.8, 4) is 0 Å². The number of esters is 1. The second-order valence-electron chi connectivity index (χ2n) is 7.27. The van der Waals surface area contributed by atoms with Gasteiger partial charge in [-0.25, -0.2) is 4.79 Å². The number of ether oxygens (including phenoxy) is 1. The van der Waals surface area contributed by atoms with Crippen LogP contribution in [0.4, 0.5) is 0 Å². The third-order valence-corrected chi connectivity index (χ3v) is 5.67. The highest BCUT2D eigenvalue weighted by molar-refractivity contribution is 6.30. The molecule has 0 aliphatic carbocycles. The van der Waals surface area contributed by atoms with Gasteiger partial charge >= 0.3 is 5.97 Å². The molecule has 1 atom stereocenters. The molecule has 3 aromatic carbocycles. The number of rotatable bonds is 9. The topological polar surface area (TPSA) is 29.5 Å². The molecule has 156 valence electrons. The number of halogens is 1. The summed E-state index contributed by atoms with van der Waals surface area (Å²) in [5.74, 6) is -0.235. The lowest BCUT2D eigenvalue weighted by Crippen LogP contribution is -2.51. The molecule has 3 rings (SSSR count). The summed E-state index contributed by atoms with van der Waals surface area (Å²) in [5, 5.41) is 0.644. The molecule has 0 amide bonds. The predicted molar refractivity (Wildman–Crippen MR) is 122 cm³/mol. The van der Waals surface area contributed by atoms with Gasteiger partial charge in [-0.1, -0.05) is 91.3 Å². The lowest BCUT2D eigenvalue weighted by atomic mass is 9.84. The van der Waals surface area contributed by atoms with E-state index in [2.05, 4.69) is 29.2 Å². The Bertz CT molecular complexity index is 887. The van der Waals surface area contributed by atoms with E-state index >= 15 is 0 Å². The van der Waals surface area contributed by atoms with E-state index in [4.69, 9.17) is 16.3 Å². The van der Waals surface area contributed by atoms with Gasteiger partial charge < -0.3 is 4.74 Å². The summed E-state index contributed by atoms with van der Waals surface area (Å²) < 4.78 is 5.63. The van der Waals surface area contributed by atoms with Gasteiger partial charge in [0.15, 0.2) is 0 Å². The zero-order chi connectivity index (χ0) is 21.4. The van der Waals surface area contributed by atoms with E-state index in [-0.39, 0.29) is 5.97 Å². The fourth-order valence-electron chi connectivity index (χ4n) is 3.91. The van der Waals surface area contributed by atoms with Gasteiger partial charge in [0.1, 0.15) is 5.54 Å². The number of nitrogens with zero attached hydrogens (tertiary/aromatic N) is 1. The van der Waals surface area contributed by atoms with Crippen molar-refractivity contribution >= 4 is 17.6 Å². The van der Waals surface area contributed by atoms with Gasteiger partial charge in [-0.3, -0.25) is 4.90 Å². The summed E-state index contributed by atoms with van der Waals surface area (Å²) in [4.78, 5) is 15.7. The standard InChI is InChI=1S/C26H28ClNO2/c1-3-26(25(29)30-4-2,23-15-17-24(27)18-16-23)28(19-21-11-7-5-8-12-21)20-22-13-9-6-10-14-22/h5-18H,3-4,19-20H2,1-2H3. The van der Waals surface area contributed by atoms with E-state index in [1.54, 1.807) is 0 Å². The average molecular weight is 422 g/mol. The van der Waals surface area contributed by atoms with Crippen molar-refractivity contribution in [3.63, 3.8) is 0 Å². The maximum Gasteiger partial charge on any atom is 0.331 e. The molecule has 0 heterocycles. The molecule has 0 aliphatic rings. The summed E-state index contributed by atoms with van der Waals surface area (Å²) in [7, 11) is 0. The van der Waals surface area contributed by atoms with Crippen LogP contribution in [0.3, 0.4) is 0 Å². The fourth-order valence-corrected chi connectivity index (χ4v) is 4.04. The molecule has 0 bridgehead atoms. The number of carbonyl (C=O) groups excluding carboxylic acids is 1. The lowest BCUT2D eigenvalue weighted by Gasteiger charge is -2.42. The van der Waals surface area contributed by atoms with Gasteiger partial charge in [-0.05, 0) is 42.2 Å². The average Bonchev–Trinajstić information content (AvgIpc) is 2.77. The third kappa shape index (κ3) is 4.92. The molecule has 3 aromatic rings. The molecule has 0 saturated carbocycles. The maximum absolute atomic E-state index is 13.5. The Kier molecular flexibility index (Phi) is 7.67. The zero-order valence-corrected chi connectivity index (χ0v) is 18.3. The molecular weight excluding hydrogens is 394 g/mol. The number of benzene rings is 3. The Hall–Kier alpha value is -2.62. The molecule has 0 fully saturated rings. The summed E-state index contributed by atoms with van der Waals surface area (Å²) in [6, 6.07) is 28.0. The number of hydrogen-bond acceptors (Lipinski definition) is 3. The van der Waals surface area contributed by atoms with Crippen molar-refractivity contribution in [3.05, 3.63) is 107 Å². The van der Waals surface area contributed by atoms with Gasteiger partial charge in [0.2, 0.25) is 0 Å². The minimum Gasteiger partial charge on any atom is -0.464 e. The first-order valence-corrected chi connectivity index (χ1v) is 10.7. The summed E-state index contributed by atoms with van der Waals surface area (Å²) in [6.07, 6.45) is 0.577. The van der Waals surface area contributed by atoms with Crippen molar-refractivity contribution in [2.45, 2.75) is 38.9 Å². The smallest absolute Gasteiger partial charge is 0.331 e. The van der Waals surface area contributed by atoms with Crippen molar-refractivity contribution < 1.29 is 9.53 Å². The molecule has 3 nitrogen and oxygen atoms in total. The summed E-state index contributed by atoms with van der Waals surface area (Å²) in [6.45, 7) is 5.45. The monoisotopic (exact) mass is 421 g/mol. The van der Waals surface area contributed by atoms with Gasteiger partial charge in [-0.2, -0.15) is 0 Å². The van der Waals surface area contributed by atoms with Crippen LogP contribution in [0.25, 0.3) is 0 Å². The van der Waals surface area contributed by atoms with Crippen molar-refractivity contribution in [1.82, 2.24) is 4.90 Å². The Balaban J connectivity index is 2.13. The van der Waals surface area contributed by atoms with Crippen LogP contribution in [0.15, 0.2) is 84.9 Å². The van der Waals surface area contributed by atoms with Crippen LogP contribution in [0.1, 0.15) is 37.0 Å². The normalized spacial score (nSPS) is 13.1. The Labute approximate surface area is 184 Å². The molecule has 0 radical (unpaired) electrons. The van der Waals surface area contributed by atoms with E-state index < -0.39 is 5.54 Å². The molecule has 0 N–H and O–H groups in total. The Morgan fingerprint density at radius 3 is 1.77 bits per heavy atom. The SMILES string of the molecule is CCOC(=O)C(CC)(c1ccc(Cl)cc1)N(Cc1ccccc1)Cc1ccccc1. The summed E-state index contributed by atoms with van der Waals surface area (Å²) >= 11 is 6.16. The highest BCUT2D eigenvalue weighted by Gasteiger charge is 2.45. The molecule has 30 heavy (non-hydrogen) atoms. The van der Waals surface area contributed by atoms with E-state index in [1.807, 2.05) is 74.5 Å². The highest BCUT2D eigenvalue weighted by atomic mass is 35.5. The maximum atomic E-state index is 13.5. The van der Waals surface area contributed by atoms with Crippen LogP contribution in [0.5, 0.6) is 0 Å². The second kappa shape index (κ2) is 10.4. The molecule has 0 saturated heterocycles. The van der Waals surface area contributed by atoms with Crippen molar-refractivity contribution in [2.75, 3.05) is 6.61 Å². The summed E-state index contributed by atoms with van der Waals surface area (Å²) in [5.41, 5.74) is 2.25. The Morgan fingerprint density at radius 1 is 0.833 bits per heavy atom. The minimum atomic E-state index is -0.924. The highest BCUT2D eigenvalue weighted by Crippen LogP contribution is 2.37. The van der Waals surface area contributed by atoms with Crippen LogP contribution < -0.4 is 0 Å². The zero-order valence-electron chi connectivity index (χ0n) is 17.6. The van der Waals surface area contributed by atoms with Gasteiger partial charge in [-0.15, -0.1) is 0 Å². The molecule has 0 spiro atoms. The molecule has 0 aromatic heterocycles. The predicted octanol–water partition coefficient (Wildman–Crippen LogP) is 6.21. The Morgan fingerprint density at radius 2 is 1.33 bits per heavy atom. The van der Waals surface area contributed by atoms with Gasteiger partial charge in [0.05, 0.1) is 6.61 Å².